The minimum Gasteiger partial charge on any atom is -0.398 e. The summed E-state index contributed by atoms with van der Waals surface area (Å²) in [5.41, 5.74) is 4.40. The Morgan fingerprint density at radius 2 is 2.05 bits per heavy atom. The molecule has 0 aromatic heterocycles. The fourth-order valence-electron chi connectivity index (χ4n) is 1.68. The van der Waals surface area contributed by atoms with E-state index in [1.807, 2.05) is 13.8 Å². The molecule has 4 nitrogen and oxygen atoms in total. The quantitative estimate of drug-likeness (QED) is 0.708. The number of nitrogens with one attached hydrogen (secondary N) is 2. The van der Waals surface area contributed by atoms with Crippen LogP contribution in [0.3, 0.4) is 0 Å². The second-order valence-corrected chi connectivity index (χ2v) is 4.85. The molecule has 1 unspecified atom stereocenters. The molecule has 0 aliphatic rings. The van der Waals surface area contributed by atoms with Crippen molar-refractivity contribution in [3.8, 4) is 0 Å². The highest BCUT2D eigenvalue weighted by molar-refractivity contribution is 5.76. The molecule has 118 valence electrons. The molecule has 0 spiro atoms. The first-order chi connectivity index (χ1) is 9.74. The number of alkyl halides is 3. The monoisotopic (exact) mass is 303 g/mol. The van der Waals surface area contributed by atoms with Crippen molar-refractivity contribution in [2.45, 2.75) is 38.9 Å². The summed E-state index contributed by atoms with van der Waals surface area (Å²) in [6.45, 7) is 4.10. The summed E-state index contributed by atoms with van der Waals surface area (Å²) in [6, 6.07) is 3.69. The predicted molar refractivity (Wildman–Crippen MR) is 76.9 cm³/mol. The van der Waals surface area contributed by atoms with Gasteiger partial charge in [0.2, 0.25) is 5.91 Å². The highest BCUT2D eigenvalue weighted by atomic mass is 19.4. The van der Waals surface area contributed by atoms with Gasteiger partial charge in [-0.3, -0.25) is 4.79 Å². The predicted octanol–water partition coefficient (Wildman–Crippen LogP) is 3.00. The number of benzene rings is 1. The Morgan fingerprint density at radius 3 is 2.62 bits per heavy atom. The average molecular weight is 303 g/mol. The molecule has 1 aromatic rings. The van der Waals surface area contributed by atoms with E-state index < -0.39 is 11.7 Å². The van der Waals surface area contributed by atoms with Crippen LogP contribution < -0.4 is 16.4 Å². The first kappa shape index (κ1) is 17.1. The van der Waals surface area contributed by atoms with Crippen molar-refractivity contribution in [1.82, 2.24) is 5.32 Å². The van der Waals surface area contributed by atoms with Crippen LogP contribution >= 0.6 is 0 Å². The summed E-state index contributed by atoms with van der Waals surface area (Å²) in [7, 11) is 0. The number of nitrogen functional groups attached to an aromatic ring is 1. The molecular weight excluding hydrogens is 283 g/mol. The van der Waals surface area contributed by atoms with E-state index in [9.17, 15) is 18.0 Å². The van der Waals surface area contributed by atoms with E-state index in [-0.39, 0.29) is 36.3 Å². The van der Waals surface area contributed by atoms with Crippen molar-refractivity contribution < 1.29 is 18.0 Å². The molecule has 7 heteroatoms. The first-order valence-corrected chi connectivity index (χ1v) is 6.74. The molecule has 0 fully saturated rings. The summed E-state index contributed by atoms with van der Waals surface area (Å²) < 4.78 is 38.1. The van der Waals surface area contributed by atoms with Crippen molar-refractivity contribution in [3.63, 3.8) is 0 Å². The third-order valence-electron chi connectivity index (χ3n) is 3.06. The highest BCUT2D eigenvalue weighted by Crippen LogP contribution is 2.35. The average Bonchev–Trinajstić information content (AvgIpc) is 2.39. The van der Waals surface area contributed by atoms with E-state index in [0.29, 0.717) is 0 Å². The lowest BCUT2D eigenvalue weighted by Crippen LogP contribution is -2.32. The van der Waals surface area contributed by atoms with Crippen LogP contribution in [0.2, 0.25) is 0 Å². The number of anilines is 2. The van der Waals surface area contributed by atoms with Crippen LogP contribution in [-0.2, 0) is 11.0 Å². The zero-order chi connectivity index (χ0) is 16.0. The smallest absolute Gasteiger partial charge is 0.398 e. The second kappa shape index (κ2) is 7.19. The molecule has 0 radical (unpaired) electrons. The molecule has 0 aliphatic carbocycles. The van der Waals surface area contributed by atoms with E-state index in [2.05, 4.69) is 10.6 Å². The fourth-order valence-corrected chi connectivity index (χ4v) is 1.68. The molecule has 1 aromatic carbocycles. The molecule has 0 heterocycles. The number of hydrogen-bond acceptors (Lipinski definition) is 3. The summed E-state index contributed by atoms with van der Waals surface area (Å²) in [6.07, 6.45) is -3.47. The van der Waals surface area contributed by atoms with Gasteiger partial charge >= 0.3 is 6.18 Å². The minimum absolute atomic E-state index is 0.0888. The van der Waals surface area contributed by atoms with Crippen molar-refractivity contribution in [2.75, 3.05) is 17.6 Å². The van der Waals surface area contributed by atoms with Crippen LogP contribution in [0.5, 0.6) is 0 Å². The molecule has 0 bridgehead atoms. The Labute approximate surface area is 121 Å². The second-order valence-electron chi connectivity index (χ2n) is 4.85. The summed E-state index contributed by atoms with van der Waals surface area (Å²) in [5, 5.41) is 5.57. The summed E-state index contributed by atoms with van der Waals surface area (Å²) in [5.74, 6) is -0.136. The van der Waals surface area contributed by atoms with Crippen LogP contribution in [0.4, 0.5) is 24.5 Å². The van der Waals surface area contributed by atoms with Gasteiger partial charge in [0.25, 0.3) is 0 Å². The Hall–Kier alpha value is -1.92. The lowest BCUT2D eigenvalue weighted by Gasteiger charge is -2.14. The lowest BCUT2D eigenvalue weighted by molar-refractivity contribution is -0.136. The van der Waals surface area contributed by atoms with Gasteiger partial charge in [-0.15, -0.1) is 0 Å². The molecule has 0 saturated carbocycles. The van der Waals surface area contributed by atoms with Crippen molar-refractivity contribution in [1.29, 1.82) is 0 Å². The first-order valence-electron chi connectivity index (χ1n) is 6.74. The van der Waals surface area contributed by atoms with Crippen molar-refractivity contribution in [3.05, 3.63) is 23.8 Å². The molecule has 4 N–H and O–H groups in total. The normalized spacial score (nSPS) is 12.8. The van der Waals surface area contributed by atoms with Gasteiger partial charge in [0, 0.05) is 30.4 Å². The highest BCUT2D eigenvalue weighted by Gasteiger charge is 2.33. The Balaban J connectivity index is 2.55. The third kappa shape index (κ3) is 5.53. The lowest BCUT2D eigenvalue weighted by atomic mass is 10.1. The minimum atomic E-state index is -4.49. The van der Waals surface area contributed by atoms with Crippen LogP contribution in [0.15, 0.2) is 18.2 Å². The molecular formula is C14H20F3N3O. The number of rotatable bonds is 6. The summed E-state index contributed by atoms with van der Waals surface area (Å²) in [4.78, 5) is 11.5. The Bertz CT molecular complexity index is 489. The van der Waals surface area contributed by atoms with Crippen LogP contribution in [0.1, 0.15) is 32.3 Å². The Kier molecular flexibility index (Phi) is 5.87. The molecule has 1 atom stereocenters. The third-order valence-corrected chi connectivity index (χ3v) is 3.06. The van der Waals surface area contributed by atoms with Gasteiger partial charge in [-0.1, -0.05) is 6.92 Å². The largest absolute Gasteiger partial charge is 0.418 e. The van der Waals surface area contributed by atoms with Crippen LogP contribution in [0.25, 0.3) is 0 Å². The van der Waals surface area contributed by atoms with Crippen molar-refractivity contribution >= 4 is 17.3 Å². The van der Waals surface area contributed by atoms with E-state index >= 15 is 0 Å². The zero-order valence-corrected chi connectivity index (χ0v) is 12.1. The molecule has 1 amide bonds. The topological polar surface area (TPSA) is 67.2 Å². The number of amides is 1. The van der Waals surface area contributed by atoms with Gasteiger partial charge in [-0.05, 0) is 31.5 Å². The molecule has 0 aliphatic heterocycles. The maximum Gasteiger partial charge on any atom is 0.418 e. The van der Waals surface area contributed by atoms with Crippen LogP contribution in [0, 0.1) is 0 Å². The fraction of sp³-hybridized carbons (Fsp3) is 0.500. The number of carbonyl (C=O) groups is 1. The van der Waals surface area contributed by atoms with Gasteiger partial charge in [-0.2, -0.15) is 13.2 Å². The van der Waals surface area contributed by atoms with Crippen molar-refractivity contribution in [2.24, 2.45) is 0 Å². The molecule has 21 heavy (non-hydrogen) atoms. The summed E-state index contributed by atoms with van der Waals surface area (Å²) >= 11 is 0. The van der Waals surface area contributed by atoms with E-state index in [0.717, 1.165) is 12.5 Å². The molecule has 0 saturated heterocycles. The van der Waals surface area contributed by atoms with Crippen LogP contribution in [-0.4, -0.2) is 18.5 Å². The van der Waals surface area contributed by atoms with E-state index in [1.165, 1.54) is 12.1 Å². The number of hydrogen-bond donors (Lipinski definition) is 3. The van der Waals surface area contributed by atoms with Gasteiger partial charge in [0.15, 0.2) is 0 Å². The van der Waals surface area contributed by atoms with E-state index in [4.69, 9.17) is 5.73 Å². The van der Waals surface area contributed by atoms with Gasteiger partial charge < -0.3 is 16.4 Å². The standard InChI is InChI=1S/C14H20F3N3O/c1-3-9(2)20-13(21)6-7-19-10-4-5-12(18)11(8-10)14(15,16)17/h4-5,8-9,19H,3,6-7,18H2,1-2H3,(H,20,21). The van der Waals surface area contributed by atoms with Gasteiger partial charge in [-0.25, -0.2) is 0 Å². The Morgan fingerprint density at radius 1 is 1.38 bits per heavy atom. The van der Waals surface area contributed by atoms with Gasteiger partial charge in [0.1, 0.15) is 0 Å². The maximum absolute atomic E-state index is 12.7. The maximum atomic E-state index is 12.7. The van der Waals surface area contributed by atoms with Gasteiger partial charge in [0.05, 0.1) is 5.56 Å². The number of carbonyl (C=O) groups excluding carboxylic acids is 1. The zero-order valence-electron chi connectivity index (χ0n) is 12.1. The molecule has 1 rings (SSSR count). The van der Waals surface area contributed by atoms with E-state index in [1.54, 1.807) is 0 Å². The number of halogens is 3. The SMILES string of the molecule is CCC(C)NC(=O)CCNc1ccc(N)c(C(F)(F)F)c1. The number of nitrogens with two attached hydrogens (primary N) is 1.